The Morgan fingerprint density at radius 1 is 1.12 bits per heavy atom. The molecule has 2 unspecified atom stereocenters. The monoisotopic (exact) mass is 248 g/mol. The Hall–Kier alpha value is -0.500. The highest BCUT2D eigenvalue weighted by Gasteiger charge is 2.06. The molecule has 6 heteroatoms. The smallest absolute Gasteiger partial charge is 0.0897 e. The molecule has 0 bridgehead atoms. The van der Waals surface area contributed by atoms with Crippen molar-refractivity contribution >= 4 is 0 Å². The lowest BCUT2D eigenvalue weighted by molar-refractivity contribution is 0.0206. The molecule has 17 heavy (non-hydrogen) atoms. The van der Waals surface area contributed by atoms with Gasteiger partial charge in [-0.3, -0.25) is 0 Å². The van der Waals surface area contributed by atoms with Gasteiger partial charge in [-0.15, -0.1) is 6.58 Å². The fraction of sp³-hybridized carbons (Fsp3) is 0.818. The molecule has 6 nitrogen and oxygen atoms in total. The lowest BCUT2D eigenvalue weighted by atomic mass is 10.3. The zero-order chi connectivity index (χ0) is 12.9. The van der Waals surface area contributed by atoms with Crippen molar-refractivity contribution in [2.45, 2.75) is 12.2 Å². The highest BCUT2D eigenvalue weighted by Crippen LogP contribution is 1.85. The van der Waals surface area contributed by atoms with Gasteiger partial charge in [-0.05, 0) is 0 Å². The zero-order valence-electron chi connectivity index (χ0n) is 10.1. The van der Waals surface area contributed by atoms with Gasteiger partial charge in [-0.1, -0.05) is 6.08 Å². The molecule has 0 aliphatic carbocycles. The van der Waals surface area contributed by atoms with Crippen LogP contribution in [0.3, 0.4) is 0 Å². The lowest BCUT2D eigenvalue weighted by Gasteiger charge is -2.15. The van der Waals surface area contributed by atoms with Crippen LogP contribution in [0.1, 0.15) is 0 Å². The fourth-order valence-electron chi connectivity index (χ4n) is 1.18. The van der Waals surface area contributed by atoms with Gasteiger partial charge >= 0.3 is 0 Å². The van der Waals surface area contributed by atoms with Gasteiger partial charge in [0.15, 0.2) is 0 Å². The minimum Gasteiger partial charge on any atom is -0.394 e. The lowest BCUT2D eigenvalue weighted by Crippen LogP contribution is -2.39. The summed E-state index contributed by atoms with van der Waals surface area (Å²) in [4.78, 5) is 0. The van der Waals surface area contributed by atoms with Gasteiger partial charge in [-0.25, -0.2) is 0 Å². The zero-order valence-corrected chi connectivity index (χ0v) is 10.1. The summed E-state index contributed by atoms with van der Waals surface area (Å²) >= 11 is 0. The molecule has 0 aromatic heterocycles. The highest BCUT2D eigenvalue weighted by atomic mass is 16.5. The van der Waals surface area contributed by atoms with Crippen molar-refractivity contribution in [2.24, 2.45) is 0 Å². The molecule has 0 saturated heterocycles. The van der Waals surface area contributed by atoms with E-state index in [0.29, 0.717) is 26.2 Å². The van der Waals surface area contributed by atoms with Crippen LogP contribution in [0.25, 0.3) is 0 Å². The Kier molecular flexibility index (Phi) is 11.6. The van der Waals surface area contributed by atoms with Crippen molar-refractivity contribution in [1.82, 2.24) is 10.6 Å². The van der Waals surface area contributed by atoms with Crippen LogP contribution in [-0.2, 0) is 4.74 Å². The molecule has 0 heterocycles. The van der Waals surface area contributed by atoms with Crippen LogP contribution in [0, 0.1) is 0 Å². The fourth-order valence-corrected chi connectivity index (χ4v) is 1.18. The summed E-state index contributed by atoms with van der Waals surface area (Å²) in [6, 6.07) is 0. The first-order valence-corrected chi connectivity index (χ1v) is 5.77. The van der Waals surface area contributed by atoms with E-state index >= 15 is 0 Å². The van der Waals surface area contributed by atoms with E-state index in [9.17, 15) is 10.2 Å². The van der Waals surface area contributed by atoms with Gasteiger partial charge in [0, 0.05) is 26.2 Å². The molecule has 0 rings (SSSR count). The van der Waals surface area contributed by atoms with Crippen LogP contribution < -0.4 is 10.6 Å². The summed E-state index contributed by atoms with van der Waals surface area (Å²) in [5, 5.41) is 33.3. The summed E-state index contributed by atoms with van der Waals surface area (Å²) in [6.07, 6.45) is 0.595. The van der Waals surface area contributed by atoms with Crippen LogP contribution in [0.5, 0.6) is 0 Å². The van der Waals surface area contributed by atoms with Crippen LogP contribution in [0.15, 0.2) is 12.7 Å². The average molecular weight is 248 g/mol. The molecule has 0 radical (unpaired) electrons. The van der Waals surface area contributed by atoms with Gasteiger partial charge < -0.3 is 30.7 Å². The predicted octanol–water partition coefficient (Wildman–Crippen LogP) is -1.92. The average Bonchev–Trinajstić information content (AvgIpc) is 2.30. The highest BCUT2D eigenvalue weighted by molar-refractivity contribution is 4.72. The van der Waals surface area contributed by atoms with E-state index in [0.717, 1.165) is 0 Å². The molecule has 2 atom stereocenters. The third kappa shape index (κ3) is 11.8. The standard InChI is InChI=1S/C11H24N2O4/c1-2-3-12-6-10(15)7-13-8-11(16)9-17-5-4-14/h2,10-16H,1,3-9H2. The molecule has 0 spiro atoms. The van der Waals surface area contributed by atoms with Crippen molar-refractivity contribution in [3.8, 4) is 0 Å². The van der Waals surface area contributed by atoms with E-state index in [1.165, 1.54) is 0 Å². The molecule has 5 N–H and O–H groups in total. The maximum Gasteiger partial charge on any atom is 0.0897 e. The van der Waals surface area contributed by atoms with Gasteiger partial charge in [0.2, 0.25) is 0 Å². The van der Waals surface area contributed by atoms with Crippen molar-refractivity contribution in [2.75, 3.05) is 46.0 Å². The van der Waals surface area contributed by atoms with E-state index in [4.69, 9.17) is 9.84 Å². The molecule has 0 saturated carbocycles. The quantitative estimate of drug-likeness (QED) is 0.204. The molecule has 0 amide bonds. The molecule has 0 aliphatic heterocycles. The third-order valence-electron chi connectivity index (χ3n) is 1.97. The first-order valence-electron chi connectivity index (χ1n) is 5.77. The molecule has 0 aliphatic rings. The molecule has 102 valence electrons. The molecule has 0 fully saturated rings. The van der Waals surface area contributed by atoms with Crippen molar-refractivity contribution in [3.63, 3.8) is 0 Å². The number of hydrogen-bond donors (Lipinski definition) is 5. The largest absolute Gasteiger partial charge is 0.394 e. The van der Waals surface area contributed by atoms with E-state index in [-0.39, 0.29) is 19.8 Å². The van der Waals surface area contributed by atoms with Crippen molar-refractivity contribution in [1.29, 1.82) is 0 Å². The maximum atomic E-state index is 9.50. The second kappa shape index (κ2) is 12.0. The van der Waals surface area contributed by atoms with Crippen molar-refractivity contribution in [3.05, 3.63) is 12.7 Å². The summed E-state index contributed by atoms with van der Waals surface area (Å²) in [7, 11) is 0. The van der Waals surface area contributed by atoms with E-state index in [2.05, 4.69) is 17.2 Å². The number of ether oxygens (including phenoxy) is 1. The van der Waals surface area contributed by atoms with Crippen molar-refractivity contribution < 1.29 is 20.1 Å². The first kappa shape index (κ1) is 16.5. The SMILES string of the molecule is C=CCNCC(O)CNCC(O)COCCO. The van der Waals surface area contributed by atoms with Gasteiger partial charge in [0.25, 0.3) is 0 Å². The molecule has 0 aromatic carbocycles. The Morgan fingerprint density at radius 3 is 2.41 bits per heavy atom. The van der Waals surface area contributed by atoms with Gasteiger partial charge in [-0.2, -0.15) is 0 Å². The number of rotatable bonds is 12. The minimum atomic E-state index is -0.630. The Balaban J connectivity index is 3.32. The number of aliphatic hydroxyl groups is 3. The van der Waals surface area contributed by atoms with Gasteiger partial charge in [0.05, 0.1) is 32.0 Å². The first-order chi connectivity index (χ1) is 8.20. The summed E-state index contributed by atoms with van der Waals surface area (Å²) in [5.74, 6) is 0. The minimum absolute atomic E-state index is 0.0478. The second-order valence-corrected chi connectivity index (χ2v) is 3.71. The third-order valence-corrected chi connectivity index (χ3v) is 1.97. The van der Waals surface area contributed by atoms with Crippen LogP contribution in [0.2, 0.25) is 0 Å². The normalized spacial score (nSPS) is 14.5. The number of aliphatic hydroxyl groups excluding tert-OH is 3. The van der Waals surface area contributed by atoms with Crippen LogP contribution >= 0.6 is 0 Å². The van der Waals surface area contributed by atoms with E-state index in [1.807, 2.05) is 0 Å². The van der Waals surface area contributed by atoms with Gasteiger partial charge in [0.1, 0.15) is 0 Å². The van der Waals surface area contributed by atoms with Crippen LogP contribution in [0.4, 0.5) is 0 Å². The molecule has 0 aromatic rings. The van der Waals surface area contributed by atoms with E-state index < -0.39 is 12.2 Å². The second-order valence-electron chi connectivity index (χ2n) is 3.71. The van der Waals surface area contributed by atoms with Crippen LogP contribution in [-0.4, -0.2) is 73.5 Å². The Morgan fingerprint density at radius 2 is 1.76 bits per heavy atom. The number of hydrogen-bond acceptors (Lipinski definition) is 6. The predicted molar refractivity (Wildman–Crippen MR) is 65.9 cm³/mol. The topological polar surface area (TPSA) is 94.0 Å². The maximum absolute atomic E-state index is 9.50. The van der Waals surface area contributed by atoms with E-state index in [1.54, 1.807) is 6.08 Å². The Bertz CT molecular complexity index is 181. The number of nitrogens with one attached hydrogen (secondary N) is 2. The molecular weight excluding hydrogens is 224 g/mol. The summed E-state index contributed by atoms with van der Waals surface area (Å²) in [5.41, 5.74) is 0. The molecular formula is C11H24N2O4. The summed E-state index contributed by atoms with van der Waals surface area (Å²) in [6.45, 7) is 5.81. The summed E-state index contributed by atoms with van der Waals surface area (Å²) < 4.78 is 4.96. The Labute approximate surface area is 102 Å².